The van der Waals surface area contributed by atoms with Crippen LogP contribution in [0.15, 0.2) is 23.1 Å². The lowest BCUT2D eigenvalue weighted by Gasteiger charge is -2.12. The smallest absolute Gasteiger partial charge is 0.241 e. The van der Waals surface area contributed by atoms with E-state index in [0.29, 0.717) is 5.69 Å². The van der Waals surface area contributed by atoms with Crippen LogP contribution in [0.2, 0.25) is 0 Å². The van der Waals surface area contributed by atoms with Crippen molar-refractivity contribution in [2.45, 2.75) is 11.0 Å². The van der Waals surface area contributed by atoms with Gasteiger partial charge in [-0.15, -0.1) is 0 Å². The Labute approximate surface area is 105 Å². The molecule has 0 amide bonds. The van der Waals surface area contributed by atoms with Gasteiger partial charge in [-0.1, -0.05) is 0 Å². The fourth-order valence-corrected chi connectivity index (χ4v) is 2.03. The lowest BCUT2D eigenvalue weighted by molar-refractivity contribution is 0.105. The Balaban J connectivity index is 2.97. The standard InChI is InChI=1S/C10H16N2O5S/c1-17-9-3-2-7(12-5-8(14)6-13)4-10(9)18(11,15)16/h2-4,8,12-14H,5-6H2,1H3,(H2,11,15,16). The van der Waals surface area contributed by atoms with Crippen LogP contribution in [-0.4, -0.2) is 45.0 Å². The number of aliphatic hydroxyl groups is 2. The lowest BCUT2D eigenvalue weighted by Crippen LogP contribution is -2.23. The summed E-state index contributed by atoms with van der Waals surface area (Å²) in [5, 5.41) is 25.7. The molecular formula is C10H16N2O5S. The van der Waals surface area contributed by atoms with Crippen molar-refractivity contribution in [1.29, 1.82) is 0 Å². The maximum Gasteiger partial charge on any atom is 0.241 e. The molecule has 1 unspecified atom stereocenters. The van der Waals surface area contributed by atoms with Gasteiger partial charge in [0.1, 0.15) is 10.6 Å². The third-order valence-electron chi connectivity index (χ3n) is 2.22. The summed E-state index contributed by atoms with van der Waals surface area (Å²) in [6.45, 7) is -0.294. The number of hydrogen-bond donors (Lipinski definition) is 4. The number of benzene rings is 1. The van der Waals surface area contributed by atoms with Crippen LogP contribution in [0, 0.1) is 0 Å². The first kappa shape index (κ1) is 14.7. The number of rotatable bonds is 6. The summed E-state index contributed by atoms with van der Waals surface area (Å²) in [6, 6.07) is 4.34. The molecule has 0 aliphatic rings. The van der Waals surface area contributed by atoms with Crippen molar-refractivity contribution in [3.63, 3.8) is 0 Å². The van der Waals surface area contributed by atoms with E-state index in [1.165, 1.54) is 19.2 Å². The molecule has 0 fully saturated rings. The van der Waals surface area contributed by atoms with Crippen LogP contribution in [0.1, 0.15) is 0 Å². The van der Waals surface area contributed by atoms with Crippen molar-refractivity contribution >= 4 is 15.7 Å². The highest BCUT2D eigenvalue weighted by molar-refractivity contribution is 7.89. The molecule has 1 atom stereocenters. The summed E-state index contributed by atoms with van der Waals surface area (Å²) < 4.78 is 27.6. The highest BCUT2D eigenvalue weighted by Gasteiger charge is 2.15. The molecule has 18 heavy (non-hydrogen) atoms. The summed E-state index contributed by atoms with van der Waals surface area (Å²) in [5.41, 5.74) is 0.451. The fourth-order valence-electron chi connectivity index (χ4n) is 1.31. The first-order valence-electron chi connectivity index (χ1n) is 5.12. The summed E-state index contributed by atoms with van der Waals surface area (Å²) >= 11 is 0. The molecular weight excluding hydrogens is 260 g/mol. The van der Waals surface area contributed by atoms with Crippen LogP contribution in [0.3, 0.4) is 0 Å². The van der Waals surface area contributed by atoms with E-state index in [1.54, 1.807) is 6.07 Å². The molecule has 0 aliphatic heterocycles. The Morgan fingerprint density at radius 3 is 2.67 bits per heavy atom. The molecule has 0 aromatic heterocycles. The zero-order chi connectivity index (χ0) is 13.8. The van der Waals surface area contributed by atoms with Gasteiger partial charge in [-0.05, 0) is 18.2 Å². The third kappa shape index (κ3) is 3.84. The SMILES string of the molecule is COc1ccc(NCC(O)CO)cc1S(N)(=O)=O. The van der Waals surface area contributed by atoms with E-state index in [2.05, 4.69) is 5.32 Å². The van der Waals surface area contributed by atoms with Gasteiger partial charge in [-0.25, -0.2) is 13.6 Å². The zero-order valence-corrected chi connectivity index (χ0v) is 10.6. The number of aliphatic hydroxyl groups excluding tert-OH is 2. The van der Waals surface area contributed by atoms with Crippen LogP contribution in [0.5, 0.6) is 5.75 Å². The molecule has 0 heterocycles. The van der Waals surface area contributed by atoms with Crippen molar-refractivity contribution in [1.82, 2.24) is 0 Å². The molecule has 0 bridgehead atoms. The van der Waals surface area contributed by atoms with Gasteiger partial charge in [0, 0.05) is 12.2 Å². The van der Waals surface area contributed by atoms with Gasteiger partial charge in [-0.3, -0.25) is 0 Å². The van der Waals surface area contributed by atoms with E-state index < -0.39 is 16.1 Å². The monoisotopic (exact) mass is 276 g/mol. The number of primary sulfonamides is 1. The van der Waals surface area contributed by atoms with Crippen molar-refractivity contribution in [3.05, 3.63) is 18.2 Å². The molecule has 1 rings (SSSR count). The van der Waals surface area contributed by atoms with E-state index >= 15 is 0 Å². The maximum atomic E-state index is 11.3. The van der Waals surface area contributed by atoms with Crippen LogP contribution >= 0.6 is 0 Å². The Bertz CT molecular complexity index is 503. The van der Waals surface area contributed by atoms with Gasteiger partial charge in [-0.2, -0.15) is 0 Å². The quantitative estimate of drug-likeness (QED) is 0.534. The molecule has 0 saturated carbocycles. The van der Waals surface area contributed by atoms with E-state index in [4.69, 9.17) is 20.1 Å². The topological polar surface area (TPSA) is 122 Å². The van der Waals surface area contributed by atoms with E-state index in [0.717, 1.165) is 0 Å². The Kier molecular flexibility index (Phi) is 4.91. The molecule has 0 aliphatic carbocycles. The van der Waals surface area contributed by atoms with Crippen LogP contribution in [0.25, 0.3) is 0 Å². The van der Waals surface area contributed by atoms with E-state index in [-0.39, 0.29) is 23.8 Å². The summed E-state index contributed by atoms with van der Waals surface area (Å²) in [5.74, 6) is 0.144. The normalized spacial score (nSPS) is 13.1. The average molecular weight is 276 g/mol. The summed E-state index contributed by atoms with van der Waals surface area (Å²) in [6.07, 6.45) is -0.926. The van der Waals surface area contributed by atoms with Gasteiger partial charge in [0.2, 0.25) is 10.0 Å². The van der Waals surface area contributed by atoms with E-state index in [1.807, 2.05) is 0 Å². The number of nitrogens with one attached hydrogen (secondary N) is 1. The second-order valence-electron chi connectivity index (χ2n) is 3.63. The second kappa shape index (κ2) is 6.01. The van der Waals surface area contributed by atoms with Crippen LogP contribution < -0.4 is 15.2 Å². The number of nitrogens with two attached hydrogens (primary N) is 1. The first-order chi connectivity index (χ1) is 8.38. The zero-order valence-electron chi connectivity index (χ0n) is 9.83. The molecule has 0 saturated heterocycles. The molecule has 102 valence electrons. The molecule has 0 spiro atoms. The molecule has 7 nitrogen and oxygen atoms in total. The number of sulfonamides is 1. The van der Waals surface area contributed by atoms with Crippen molar-refractivity contribution < 1.29 is 23.4 Å². The molecule has 5 N–H and O–H groups in total. The Morgan fingerprint density at radius 1 is 1.50 bits per heavy atom. The van der Waals surface area contributed by atoms with Crippen molar-refractivity contribution in [3.8, 4) is 5.75 Å². The highest BCUT2D eigenvalue weighted by atomic mass is 32.2. The lowest BCUT2D eigenvalue weighted by atomic mass is 10.3. The number of anilines is 1. The summed E-state index contributed by atoms with van der Waals surface area (Å²) in [4.78, 5) is -0.145. The van der Waals surface area contributed by atoms with Gasteiger partial charge >= 0.3 is 0 Å². The minimum absolute atomic E-state index is 0.0902. The third-order valence-corrected chi connectivity index (χ3v) is 3.15. The number of methoxy groups -OCH3 is 1. The highest BCUT2D eigenvalue weighted by Crippen LogP contribution is 2.25. The van der Waals surface area contributed by atoms with Gasteiger partial charge < -0.3 is 20.3 Å². The van der Waals surface area contributed by atoms with E-state index in [9.17, 15) is 8.42 Å². The van der Waals surface area contributed by atoms with Crippen LogP contribution in [0.4, 0.5) is 5.69 Å². The predicted octanol–water partition coefficient (Wildman–Crippen LogP) is -0.892. The number of hydrogen-bond acceptors (Lipinski definition) is 6. The van der Waals surface area contributed by atoms with Crippen molar-refractivity contribution in [2.75, 3.05) is 25.6 Å². The van der Waals surface area contributed by atoms with Gasteiger partial charge in [0.05, 0.1) is 19.8 Å². The van der Waals surface area contributed by atoms with Gasteiger partial charge in [0.15, 0.2) is 0 Å². The molecule has 0 radical (unpaired) electrons. The Hall–Kier alpha value is -1.35. The largest absolute Gasteiger partial charge is 0.495 e. The summed E-state index contributed by atoms with van der Waals surface area (Å²) in [7, 11) is -2.55. The fraction of sp³-hybridized carbons (Fsp3) is 0.400. The first-order valence-corrected chi connectivity index (χ1v) is 6.66. The molecule has 8 heteroatoms. The van der Waals surface area contributed by atoms with Crippen LogP contribution in [-0.2, 0) is 10.0 Å². The number of ether oxygens (including phenoxy) is 1. The van der Waals surface area contributed by atoms with Gasteiger partial charge in [0.25, 0.3) is 0 Å². The second-order valence-corrected chi connectivity index (χ2v) is 5.16. The Morgan fingerprint density at radius 2 is 2.17 bits per heavy atom. The average Bonchev–Trinajstić information content (AvgIpc) is 2.34. The maximum absolute atomic E-state index is 11.3. The molecule has 1 aromatic carbocycles. The minimum Gasteiger partial charge on any atom is -0.495 e. The van der Waals surface area contributed by atoms with Crippen molar-refractivity contribution in [2.24, 2.45) is 5.14 Å². The predicted molar refractivity (Wildman–Crippen MR) is 65.9 cm³/mol. The molecule has 1 aromatic rings. The minimum atomic E-state index is -3.89.